The summed E-state index contributed by atoms with van der Waals surface area (Å²) in [6.45, 7) is -0.787. The van der Waals surface area contributed by atoms with Crippen LogP contribution < -0.4 is 0 Å². The van der Waals surface area contributed by atoms with E-state index in [1.807, 2.05) is 0 Å². The van der Waals surface area contributed by atoms with Crippen molar-refractivity contribution in [2.24, 2.45) is 0 Å². The predicted octanol–water partition coefficient (Wildman–Crippen LogP) is -2.10. The average molecular weight is 220 g/mol. The van der Waals surface area contributed by atoms with E-state index < -0.39 is 42.8 Å². The highest BCUT2D eigenvalue weighted by Gasteiger charge is 2.49. The fourth-order valence-electron chi connectivity index (χ4n) is 1.12. The van der Waals surface area contributed by atoms with Crippen molar-refractivity contribution in [2.45, 2.75) is 18.3 Å². The van der Waals surface area contributed by atoms with Gasteiger partial charge in [0.05, 0.1) is 6.61 Å². The maximum absolute atomic E-state index is 11.0. The Morgan fingerprint density at radius 3 is 2.60 bits per heavy atom. The summed E-state index contributed by atoms with van der Waals surface area (Å²) in [5.41, 5.74) is 0. The number of cyclic esters (lactones) is 1. The number of carbonyl (C=O) groups excluding carboxylic acids is 2. The molecular weight excluding hydrogens is 212 g/mol. The van der Waals surface area contributed by atoms with Gasteiger partial charge in [-0.05, 0) is 0 Å². The number of ether oxygens (including phenoxy) is 2. The topological polar surface area (TPSA) is 130 Å². The summed E-state index contributed by atoms with van der Waals surface area (Å²) in [5.74, 6) is -2.49. The molecule has 15 heavy (non-hydrogen) atoms. The number of esters is 1. The molecule has 1 aliphatic heterocycles. The van der Waals surface area contributed by atoms with E-state index in [0.29, 0.717) is 0 Å². The van der Waals surface area contributed by atoms with Gasteiger partial charge in [0.1, 0.15) is 6.10 Å². The molecule has 0 aromatic carbocycles. The first kappa shape index (κ1) is 11.4. The van der Waals surface area contributed by atoms with Gasteiger partial charge in [0.15, 0.2) is 6.10 Å². The van der Waals surface area contributed by atoms with Crippen LogP contribution in [-0.4, -0.2) is 58.1 Å². The molecule has 1 aliphatic rings. The average Bonchev–Trinajstić information content (AvgIpc) is 2.44. The number of Topliss-reactive ketones (excluding diaryl/α,β-unsaturated/α-hetero) is 1. The number of carboxylic acid groups (broad SMARTS) is 1. The number of hydrogen-bond donors (Lipinski definition) is 3. The lowest BCUT2D eigenvalue weighted by Crippen LogP contribution is -2.41. The van der Waals surface area contributed by atoms with Crippen LogP contribution in [0.1, 0.15) is 0 Å². The van der Waals surface area contributed by atoms with E-state index in [1.165, 1.54) is 0 Å². The number of carbonyl (C=O) groups is 3. The zero-order valence-electron chi connectivity index (χ0n) is 7.32. The molecule has 0 aromatic rings. The Morgan fingerprint density at radius 2 is 2.13 bits per heavy atom. The first-order chi connectivity index (χ1) is 6.97. The Kier molecular flexibility index (Phi) is 3.22. The van der Waals surface area contributed by atoms with E-state index in [0.717, 1.165) is 0 Å². The molecular formula is C7H8O8. The van der Waals surface area contributed by atoms with Crippen LogP contribution in [0, 0.1) is 0 Å². The Morgan fingerprint density at radius 1 is 1.53 bits per heavy atom. The zero-order chi connectivity index (χ0) is 11.6. The lowest BCUT2D eigenvalue weighted by molar-refractivity contribution is -0.152. The summed E-state index contributed by atoms with van der Waals surface area (Å²) in [4.78, 5) is 32.0. The van der Waals surface area contributed by atoms with Gasteiger partial charge < -0.3 is 24.8 Å². The highest BCUT2D eigenvalue weighted by Crippen LogP contribution is 2.18. The second-order valence-corrected chi connectivity index (χ2v) is 2.79. The molecule has 84 valence electrons. The largest absolute Gasteiger partial charge is 0.506 e. The molecule has 0 saturated carbocycles. The van der Waals surface area contributed by atoms with E-state index in [1.54, 1.807) is 0 Å². The second kappa shape index (κ2) is 4.24. The van der Waals surface area contributed by atoms with Crippen molar-refractivity contribution >= 4 is 17.9 Å². The van der Waals surface area contributed by atoms with Gasteiger partial charge in [0.25, 0.3) is 5.78 Å². The molecule has 0 radical (unpaired) electrons. The quantitative estimate of drug-likeness (QED) is 0.364. The smallest absolute Gasteiger partial charge is 0.450 e. The molecule has 3 N–H and O–H groups in total. The number of hydrogen-bond acceptors (Lipinski definition) is 7. The zero-order valence-corrected chi connectivity index (χ0v) is 7.32. The standard InChI is InChI=1S/C7H8O8/c8-1-2(9)4-5(15-7(12)13)3(10)6(11)14-4/h2,4-5,8-9H,1H2,(H,12,13)/t2-,4-,5?/m1/s1. The maximum atomic E-state index is 11.0. The summed E-state index contributed by atoms with van der Waals surface area (Å²) in [5, 5.41) is 26.0. The van der Waals surface area contributed by atoms with Gasteiger partial charge in [-0.1, -0.05) is 0 Å². The number of ketones is 1. The first-order valence-corrected chi connectivity index (χ1v) is 3.90. The predicted molar refractivity (Wildman–Crippen MR) is 40.9 cm³/mol. The van der Waals surface area contributed by atoms with Gasteiger partial charge in [0.2, 0.25) is 6.10 Å². The maximum Gasteiger partial charge on any atom is 0.506 e. The minimum Gasteiger partial charge on any atom is -0.450 e. The van der Waals surface area contributed by atoms with Crippen molar-refractivity contribution in [3.63, 3.8) is 0 Å². The SMILES string of the molecule is O=C(O)OC1C(=O)C(=O)O[C@@H]1[C@H](O)CO. The molecule has 1 saturated heterocycles. The number of rotatable bonds is 3. The van der Waals surface area contributed by atoms with Gasteiger partial charge in [-0.2, -0.15) is 0 Å². The van der Waals surface area contributed by atoms with E-state index in [9.17, 15) is 14.4 Å². The van der Waals surface area contributed by atoms with Crippen molar-refractivity contribution in [2.75, 3.05) is 6.61 Å². The minimum absolute atomic E-state index is 0.787. The lowest BCUT2D eigenvalue weighted by Gasteiger charge is -2.18. The van der Waals surface area contributed by atoms with Gasteiger partial charge >= 0.3 is 12.1 Å². The van der Waals surface area contributed by atoms with E-state index in [2.05, 4.69) is 9.47 Å². The molecule has 3 atom stereocenters. The highest BCUT2D eigenvalue weighted by molar-refractivity contribution is 6.37. The Hall–Kier alpha value is -1.67. The Bertz CT molecular complexity index is 297. The number of aliphatic hydroxyl groups excluding tert-OH is 2. The Balaban J connectivity index is 2.81. The molecule has 1 unspecified atom stereocenters. The fourth-order valence-corrected chi connectivity index (χ4v) is 1.12. The molecule has 0 bridgehead atoms. The first-order valence-electron chi connectivity index (χ1n) is 3.90. The molecule has 0 spiro atoms. The summed E-state index contributed by atoms with van der Waals surface area (Å²) >= 11 is 0. The van der Waals surface area contributed by atoms with Gasteiger partial charge in [-0.3, -0.25) is 4.79 Å². The van der Waals surface area contributed by atoms with Crippen LogP contribution in [-0.2, 0) is 19.1 Å². The van der Waals surface area contributed by atoms with Crippen LogP contribution in [0.5, 0.6) is 0 Å². The van der Waals surface area contributed by atoms with Crippen LogP contribution in [0.4, 0.5) is 4.79 Å². The van der Waals surface area contributed by atoms with Crippen LogP contribution in [0.2, 0.25) is 0 Å². The van der Waals surface area contributed by atoms with Gasteiger partial charge in [0, 0.05) is 0 Å². The summed E-state index contributed by atoms with van der Waals surface area (Å²) in [6, 6.07) is 0. The van der Waals surface area contributed by atoms with E-state index >= 15 is 0 Å². The van der Waals surface area contributed by atoms with Crippen LogP contribution in [0.15, 0.2) is 0 Å². The van der Waals surface area contributed by atoms with Crippen molar-refractivity contribution < 1.29 is 39.2 Å². The second-order valence-electron chi connectivity index (χ2n) is 2.79. The third-order valence-corrected chi connectivity index (χ3v) is 1.80. The summed E-state index contributed by atoms with van der Waals surface area (Å²) in [7, 11) is 0. The van der Waals surface area contributed by atoms with Crippen molar-refractivity contribution in [1.82, 2.24) is 0 Å². The van der Waals surface area contributed by atoms with Gasteiger partial charge in [-0.25, -0.2) is 9.59 Å². The normalized spacial score (nSPS) is 27.3. The highest BCUT2D eigenvalue weighted by atomic mass is 16.7. The molecule has 0 aromatic heterocycles. The lowest BCUT2D eigenvalue weighted by atomic mass is 10.1. The molecule has 1 rings (SSSR count). The number of aliphatic hydroxyl groups is 2. The molecule has 8 heteroatoms. The van der Waals surface area contributed by atoms with E-state index in [4.69, 9.17) is 15.3 Å². The van der Waals surface area contributed by atoms with Crippen LogP contribution in [0.3, 0.4) is 0 Å². The minimum atomic E-state index is -1.78. The molecule has 1 heterocycles. The van der Waals surface area contributed by atoms with Crippen LogP contribution in [0.25, 0.3) is 0 Å². The summed E-state index contributed by atoms with van der Waals surface area (Å²) in [6.07, 6.45) is -6.56. The van der Waals surface area contributed by atoms with Crippen molar-refractivity contribution in [3.8, 4) is 0 Å². The third-order valence-electron chi connectivity index (χ3n) is 1.80. The molecule has 8 nitrogen and oxygen atoms in total. The Labute approximate surface area is 83.0 Å². The molecule has 0 amide bonds. The van der Waals surface area contributed by atoms with Crippen molar-refractivity contribution in [1.29, 1.82) is 0 Å². The van der Waals surface area contributed by atoms with E-state index in [-0.39, 0.29) is 0 Å². The van der Waals surface area contributed by atoms with Gasteiger partial charge in [-0.15, -0.1) is 0 Å². The molecule has 0 aliphatic carbocycles. The summed E-state index contributed by atoms with van der Waals surface area (Å²) < 4.78 is 8.43. The van der Waals surface area contributed by atoms with Crippen LogP contribution >= 0.6 is 0 Å². The third kappa shape index (κ3) is 2.22. The fraction of sp³-hybridized carbons (Fsp3) is 0.571. The van der Waals surface area contributed by atoms with Crippen molar-refractivity contribution in [3.05, 3.63) is 0 Å². The monoisotopic (exact) mass is 220 g/mol. The molecule has 1 fully saturated rings.